The number of unbranched alkanes of at least 4 members (excludes halogenated alkanes) is 4. The molecule has 24 heteroatoms. The average Bonchev–Trinajstić information content (AvgIpc) is 3.34. The molecule has 0 aromatic heterocycles. The highest BCUT2D eigenvalue weighted by atomic mass is 16.8. The molecule has 3 fully saturated rings. The Hall–Kier alpha value is -4.68. The molecular formula is C47H72N6O18. The largest absolute Gasteiger partial charge is 0.463 e. The number of aliphatic hydroxyl groups excluding tert-OH is 1. The highest BCUT2D eigenvalue weighted by Crippen LogP contribution is 2.38. The number of nitrogens with zero attached hydrogens (tertiary/aromatic N) is 6. The number of carbonyl (C=O) groups is 4. The molecule has 1 N–H and O–H groups in total. The predicted octanol–water partition coefficient (Wildman–Crippen LogP) is 5.82. The van der Waals surface area contributed by atoms with Gasteiger partial charge in [0.05, 0.1) is 6.10 Å². The molecule has 0 aliphatic carbocycles. The Morgan fingerprint density at radius 1 is 0.577 bits per heavy atom. The van der Waals surface area contributed by atoms with Crippen LogP contribution in [0.25, 0.3) is 20.9 Å². The minimum absolute atomic E-state index is 0.0898. The lowest BCUT2D eigenvalue weighted by molar-refractivity contribution is -0.369. The summed E-state index contributed by atoms with van der Waals surface area (Å²) in [5.41, 5.74) is 20.2. The van der Waals surface area contributed by atoms with E-state index in [9.17, 15) is 35.3 Å². The van der Waals surface area contributed by atoms with Crippen LogP contribution in [0.5, 0.6) is 0 Å². The first-order chi connectivity index (χ1) is 34.3. The van der Waals surface area contributed by atoms with Crippen molar-refractivity contribution < 1.29 is 85.9 Å². The quantitative estimate of drug-likeness (QED) is 0.0237. The molecule has 0 radical (unpaired) electrons. The van der Waals surface area contributed by atoms with Crippen LogP contribution >= 0.6 is 0 Å². The fraction of sp³-hybridized carbons (Fsp3) is 0.787. The zero-order valence-corrected chi connectivity index (χ0v) is 41.7. The lowest BCUT2D eigenvalue weighted by Crippen LogP contribution is -2.68. The molecule has 3 aliphatic rings. The molecule has 0 spiro atoms. The molecule has 4 rings (SSSR count). The Bertz CT molecular complexity index is 1880. The molecule has 15 atom stereocenters. The van der Waals surface area contributed by atoms with E-state index in [-0.39, 0.29) is 39.6 Å². The van der Waals surface area contributed by atoms with Crippen molar-refractivity contribution in [2.75, 3.05) is 39.6 Å². The van der Waals surface area contributed by atoms with Gasteiger partial charge in [-0.3, -0.25) is 14.4 Å². The summed E-state index contributed by atoms with van der Waals surface area (Å²) in [6, 6.07) is 5.97. The number of azide groups is 2. The standard InChI is InChI=1S/C47H72N6O18/c1-8-12-21-59-36-32(26-63-28(5)54)68-46(35(51-53-49)38(36)60-22-13-9-2)70-41-40(61-23-14-10-3)43(62-24-15-11-4)47(71-42(41)45(58)65-25-31-19-17-16-18-20-31)69-37-33(27-64-29(6)55)67-44(57)34(50-52-48)39(37)66-30(7)56/h16-20,32-44,46-47,57H,8-15,21-27H2,1-7H3/t32?,33?,34-,35-,36?,37?,38-,39+,40-,41?,42?,43-,44?,46?,47?/m0/s1. The number of ether oxygens (including phenoxy) is 13. The number of hydrogen-bond donors (Lipinski definition) is 1. The third kappa shape index (κ3) is 18.1. The number of hydrogen-bond acceptors (Lipinski definition) is 20. The highest BCUT2D eigenvalue weighted by molar-refractivity contribution is 5.76. The van der Waals surface area contributed by atoms with Crippen molar-refractivity contribution in [2.24, 2.45) is 10.2 Å². The van der Waals surface area contributed by atoms with E-state index in [1.165, 1.54) is 6.92 Å². The van der Waals surface area contributed by atoms with E-state index in [4.69, 9.17) is 61.6 Å². The second-order valence-corrected chi connectivity index (χ2v) is 17.2. The Kier molecular flexibility index (Phi) is 26.3. The Morgan fingerprint density at radius 3 is 1.62 bits per heavy atom. The van der Waals surface area contributed by atoms with E-state index < -0.39 is 122 Å². The summed E-state index contributed by atoms with van der Waals surface area (Å²) in [4.78, 5) is 57.8. The molecule has 71 heavy (non-hydrogen) atoms. The van der Waals surface area contributed by atoms with E-state index in [1.807, 2.05) is 27.7 Å². The van der Waals surface area contributed by atoms with Crippen LogP contribution < -0.4 is 0 Å². The van der Waals surface area contributed by atoms with Crippen molar-refractivity contribution in [1.29, 1.82) is 0 Å². The number of carbonyl (C=O) groups excluding carboxylic acids is 4. The number of rotatable bonds is 30. The monoisotopic (exact) mass is 1010 g/mol. The molecular weight excluding hydrogens is 937 g/mol. The van der Waals surface area contributed by atoms with Crippen molar-refractivity contribution in [2.45, 2.75) is 198 Å². The minimum atomic E-state index is -1.86. The summed E-state index contributed by atoms with van der Waals surface area (Å²) in [6.07, 6.45) is -13.2. The van der Waals surface area contributed by atoms with Crippen LogP contribution in [0.3, 0.4) is 0 Å². The van der Waals surface area contributed by atoms with Gasteiger partial charge in [0.2, 0.25) is 0 Å². The SMILES string of the molecule is CCCCOC1C(COC(C)=O)OC(OC2C(C(=O)OCc3ccccc3)OC(OC3C(COC(C)=O)OC(O)[C@@H](N=[N+]=[N-])[C@H]3OC(C)=O)[C@@H](OCCCC)[C@H]2OCCCC)[C@@H](N=[N+]=[N-])[C@@H]1OCCCC. The summed E-state index contributed by atoms with van der Waals surface area (Å²) in [6.45, 7) is 11.0. The fourth-order valence-corrected chi connectivity index (χ4v) is 8.03. The zero-order chi connectivity index (χ0) is 51.7. The minimum Gasteiger partial charge on any atom is -0.463 e. The topological polar surface area (TPSA) is 306 Å². The van der Waals surface area contributed by atoms with Crippen molar-refractivity contribution >= 4 is 23.9 Å². The maximum Gasteiger partial charge on any atom is 0.338 e. The van der Waals surface area contributed by atoms with Crippen molar-refractivity contribution in [3.63, 3.8) is 0 Å². The van der Waals surface area contributed by atoms with E-state index in [0.717, 1.165) is 26.7 Å². The van der Waals surface area contributed by atoms with Crippen molar-refractivity contribution in [3.05, 3.63) is 56.8 Å². The van der Waals surface area contributed by atoms with Gasteiger partial charge in [-0.15, -0.1) is 0 Å². The maximum absolute atomic E-state index is 14.8. The normalized spacial score (nSPS) is 30.5. The summed E-state index contributed by atoms with van der Waals surface area (Å²) in [7, 11) is 0. The van der Waals surface area contributed by atoms with Crippen LogP contribution in [-0.4, -0.2) is 161 Å². The molecule has 0 amide bonds. The molecule has 1 aromatic rings. The molecule has 3 heterocycles. The van der Waals surface area contributed by atoms with Crippen molar-refractivity contribution in [3.8, 4) is 0 Å². The van der Waals surface area contributed by atoms with Crippen LogP contribution in [0.4, 0.5) is 0 Å². The van der Waals surface area contributed by atoms with Gasteiger partial charge < -0.3 is 66.7 Å². The maximum atomic E-state index is 14.8. The van der Waals surface area contributed by atoms with Crippen LogP contribution in [0.1, 0.15) is 105 Å². The average molecular weight is 1010 g/mol. The van der Waals surface area contributed by atoms with Gasteiger partial charge in [-0.05, 0) is 42.3 Å². The van der Waals surface area contributed by atoms with Crippen LogP contribution in [0, 0.1) is 0 Å². The Morgan fingerprint density at radius 2 is 1.08 bits per heavy atom. The van der Waals surface area contributed by atoms with E-state index in [2.05, 4.69) is 20.1 Å². The number of benzene rings is 1. The van der Waals surface area contributed by atoms with E-state index >= 15 is 0 Å². The van der Waals surface area contributed by atoms with E-state index in [1.54, 1.807) is 30.3 Å². The Labute approximate surface area is 414 Å². The molecule has 3 aliphatic heterocycles. The molecule has 0 saturated carbocycles. The summed E-state index contributed by atoms with van der Waals surface area (Å²) >= 11 is 0. The summed E-state index contributed by atoms with van der Waals surface area (Å²) in [5.74, 6) is -3.15. The molecule has 9 unspecified atom stereocenters. The zero-order valence-electron chi connectivity index (χ0n) is 41.7. The van der Waals surface area contributed by atoms with Gasteiger partial charge in [0, 0.05) is 57.0 Å². The lowest BCUT2D eigenvalue weighted by atomic mass is 9.94. The Balaban J connectivity index is 1.93. The van der Waals surface area contributed by atoms with Gasteiger partial charge in [0.25, 0.3) is 0 Å². The van der Waals surface area contributed by atoms with Crippen molar-refractivity contribution in [1.82, 2.24) is 0 Å². The van der Waals surface area contributed by atoms with Gasteiger partial charge in [0.1, 0.15) is 80.7 Å². The molecule has 398 valence electrons. The second-order valence-electron chi connectivity index (χ2n) is 17.2. The summed E-state index contributed by atoms with van der Waals surface area (Å²) < 4.78 is 80.9. The highest BCUT2D eigenvalue weighted by Gasteiger charge is 2.58. The predicted molar refractivity (Wildman–Crippen MR) is 247 cm³/mol. The van der Waals surface area contributed by atoms with Gasteiger partial charge in [-0.1, -0.05) is 93.9 Å². The number of esters is 4. The first kappa shape index (κ1) is 58.9. The smallest absolute Gasteiger partial charge is 0.338 e. The first-order valence-electron chi connectivity index (χ1n) is 24.5. The summed E-state index contributed by atoms with van der Waals surface area (Å²) in [5, 5.41) is 18.8. The van der Waals surface area contributed by atoms with Gasteiger partial charge >= 0.3 is 23.9 Å². The van der Waals surface area contributed by atoms with Crippen LogP contribution in [0.2, 0.25) is 0 Å². The van der Waals surface area contributed by atoms with Gasteiger partial charge in [-0.2, -0.15) is 0 Å². The third-order valence-electron chi connectivity index (χ3n) is 11.6. The second kappa shape index (κ2) is 31.7. The number of aliphatic hydroxyl groups is 1. The first-order valence-corrected chi connectivity index (χ1v) is 24.5. The molecule has 1 aromatic carbocycles. The molecule has 0 bridgehead atoms. The third-order valence-corrected chi connectivity index (χ3v) is 11.6. The molecule has 3 saturated heterocycles. The van der Waals surface area contributed by atoms with Crippen LogP contribution in [0.15, 0.2) is 40.6 Å². The molecule has 24 nitrogen and oxygen atoms in total. The lowest BCUT2D eigenvalue weighted by Gasteiger charge is -2.50. The van der Waals surface area contributed by atoms with Gasteiger partial charge in [0.15, 0.2) is 25.0 Å². The van der Waals surface area contributed by atoms with Crippen LogP contribution in [-0.2, 0) is 87.4 Å². The van der Waals surface area contributed by atoms with Gasteiger partial charge in [-0.25, -0.2) is 4.79 Å². The van der Waals surface area contributed by atoms with E-state index in [0.29, 0.717) is 44.1 Å². The fourth-order valence-electron chi connectivity index (χ4n) is 8.03.